The van der Waals surface area contributed by atoms with Crippen molar-refractivity contribution in [1.29, 1.82) is 0 Å². The minimum atomic E-state index is -0.884. The molecule has 1 unspecified atom stereocenters. The van der Waals surface area contributed by atoms with Gasteiger partial charge in [0.15, 0.2) is 0 Å². The largest absolute Gasteiger partial charge is 0.465 e. The number of hydrogen-bond donors (Lipinski definition) is 3. The number of para-hydroxylation sites is 2. The zero-order valence-corrected chi connectivity index (χ0v) is 23.7. The van der Waals surface area contributed by atoms with Crippen LogP contribution in [0.15, 0.2) is 108 Å². The van der Waals surface area contributed by atoms with Crippen molar-refractivity contribution in [2.75, 3.05) is 23.7 Å². The van der Waals surface area contributed by atoms with E-state index < -0.39 is 6.09 Å². The number of rotatable bonds is 6. The Labute approximate surface area is 253 Å². The van der Waals surface area contributed by atoms with E-state index in [1.165, 1.54) is 11.2 Å². The number of benzene rings is 4. The third kappa shape index (κ3) is 5.43. The molecule has 2 aromatic heterocycles. The van der Waals surface area contributed by atoms with E-state index >= 15 is 0 Å². The van der Waals surface area contributed by atoms with Crippen molar-refractivity contribution in [1.82, 2.24) is 14.9 Å². The van der Waals surface area contributed by atoms with Crippen LogP contribution < -0.4 is 10.6 Å². The van der Waals surface area contributed by atoms with Crippen LogP contribution in [0.25, 0.3) is 33.2 Å². The summed E-state index contributed by atoms with van der Waals surface area (Å²) in [6.07, 6.45) is 2.41. The number of fused-ring (bicyclic) bond motifs is 3. The Morgan fingerprint density at radius 3 is 2.45 bits per heavy atom. The molecule has 4 aromatic carbocycles. The monoisotopic (exact) mass is 583 g/mol. The van der Waals surface area contributed by atoms with Gasteiger partial charge >= 0.3 is 6.09 Å². The number of furan rings is 1. The Bertz CT molecular complexity index is 1990. The molecule has 6 aromatic rings. The van der Waals surface area contributed by atoms with Crippen LogP contribution in [0.4, 0.5) is 22.0 Å². The smallest absolute Gasteiger partial charge is 0.407 e. The lowest BCUT2D eigenvalue weighted by Gasteiger charge is -2.31. The molecule has 44 heavy (non-hydrogen) atoms. The maximum atomic E-state index is 12.9. The topological polar surface area (TPSA) is 121 Å². The van der Waals surface area contributed by atoms with Crippen LogP contribution in [0.1, 0.15) is 34.7 Å². The molecule has 1 aliphatic rings. The summed E-state index contributed by atoms with van der Waals surface area (Å²) in [4.78, 5) is 34.6. The summed E-state index contributed by atoms with van der Waals surface area (Å²) in [5, 5.41) is 17.7. The molecular formula is C35H29N5O4. The average Bonchev–Trinajstić information content (AvgIpc) is 3.45. The molecule has 1 fully saturated rings. The van der Waals surface area contributed by atoms with Crippen LogP contribution in [0, 0.1) is 0 Å². The van der Waals surface area contributed by atoms with Crippen LogP contribution in [0.3, 0.4) is 0 Å². The van der Waals surface area contributed by atoms with Gasteiger partial charge in [0.25, 0.3) is 5.91 Å². The van der Waals surface area contributed by atoms with Crippen molar-refractivity contribution in [3.05, 3.63) is 115 Å². The lowest BCUT2D eigenvalue weighted by Crippen LogP contribution is -2.38. The van der Waals surface area contributed by atoms with Crippen LogP contribution in [0.5, 0.6) is 0 Å². The van der Waals surface area contributed by atoms with Gasteiger partial charge in [0.2, 0.25) is 0 Å². The molecule has 0 saturated carbocycles. The Hall–Kier alpha value is -5.70. The van der Waals surface area contributed by atoms with Crippen molar-refractivity contribution in [2.45, 2.75) is 18.8 Å². The number of carbonyl (C=O) groups is 2. The third-order valence-corrected chi connectivity index (χ3v) is 8.10. The molecule has 0 spiro atoms. The van der Waals surface area contributed by atoms with Crippen LogP contribution >= 0.6 is 0 Å². The molecule has 0 bridgehead atoms. The Morgan fingerprint density at radius 2 is 1.64 bits per heavy atom. The minimum absolute atomic E-state index is 0.141. The molecular weight excluding hydrogens is 554 g/mol. The summed E-state index contributed by atoms with van der Waals surface area (Å²) in [6, 6.07) is 30.7. The van der Waals surface area contributed by atoms with E-state index in [0.29, 0.717) is 30.2 Å². The highest BCUT2D eigenvalue weighted by Crippen LogP contribution is 2.35. The molecule has 1 aliphatic heterocycles. The van der Waals surface area contributed by atoms with Gasteiger partial charge in [0.05, 0.1) is 5.69 Å². The molecule has 9 nitrogen and oxygen atoms in total. The normalized spacial score (nSPS) is 14.9. The highest BCUT2D eigenvalue weighted by molar-refractivity contribution is 6.09. The summed E-state index contributed by atoms with van der Waals surface area (Å²) >= 11 is 0. The Kier molecular flexibility index (Phi) is 7.11. The van der Waals surface area contributed by atoms with Crippen LogP contribution in [0.2, 0.25) is 0 Å². The molecule has 3 N–H and O–H groups in total. The second kappa shape index (κ2) is 11.5. The number of aromatic nitrogens is 2. The third-order valence-electron chi connectivity index (χ3n) is 8.10. The number of amides is 2. The molecule has 218 valence electrons. The average molecular weight is 584 g/mol. The van der Waals surface area contributed by atoms with Gasteiger partial charge in [-0.15, -0.1) is 0 Å². The molecule has 0 aliphatic carbocycles. The molecule has 9 heteroatoms. The second-order valence-corrected chi connectivity index (χ2v) is 10.9. The number of piperidine rings is 1. The summed E-state index contributed by atoms with van der Waals surface area (Å²) in [7, 11) is 0. The number of nitrogens with zero attached hydrogens (tertiary/aromatic N) is 3. The van der Waals surface area contributed by atoms with E-state index in [0.717, 1.165) is 57.3 Å². The van der Waals surface area contributed by atoms with Crippen LogP contribution in [-0.2, 0) is 0 Å². The highest BCUT2D eigenvalue weighted by Gasteiger charge is 2.24. The first kappa shape index (κ1) is 27.2. The van der Waals surface area contributed by atoms with Gasteiger partial charge in [-0.1, -0.05) is 42.5 Å². The maximum absolute atomic E-state index is 12.9. The fourth-order valence-electron chi connectivity index (χ4n) is 5.84. The van der Waals surface area contributed by atoms with Gasteiger partial charge in [-0.05, 0) is 66.9 Å². The Balaban J connectivity index is 1.01. The van der Waals surface area contributed by atoms with E-state index in [2.05, 4.69) is 26.7 Å². The van der Waals surface area contributed by atoms with E-state index in [4.69, 9.17) is 4.42 Å². The minimum Gasteiger partial charge on any atom is -0.465 e. The quantitative estimate of drug-likeness (QED) is 0.182. The van der Waals surface area contributed by atoms with E-state index in [9.17, 15) is 14.7 Å². The first-order valence-electron chi connectivity index (χ1n) is 14.5. The first-order valence-corrected chi connectivity index (χ1v) is 14.5. The van der Waals surface area contributed by atoms with Gasteiger partial charge in [-0.25, -0.2) is 14.8 Å². The lowest BCUT2D eigenvalue weighted by atomic mass is 9.90. The standard InChI is InChI=1S/C35H29N5O4/c41-34(23-12-10-22(11-13-23)24-5-4-18-40(20-24)35(42)43)39-26-16-14-25(15-17-26)38-32-19-30(36-21-37-32)29-8-3-7-28-27-6-1-2-9-31(27)44-33(28)29/h1-3,6-17,19,21,24H,4-5,18,20H2,(H,39,41)(H,42,43)(H,36,37,38). The highest BCUT2D eigenvalue weighted by atomic mass is 16.4. The fraction of sp³-hybridized carbons (Fsp3) is 0.143. The second-order valence-electron chi connectivity index (χ2n) is 10.9. The van der Waals surface area contributed by atoms with Crippen molar-refractivity contribution >= 4 is 51.1 Å². The summed E-state index contributed by atoms with van der Waals surface area (Å²) in [5.41, 5.74) is 6.30. The van der Waals surface area contributed by atoms with Gasteiger partial charge < -0.3 is 25.1 Å². The van der Waals surface area contributed by atoms with Crippen LogP contribution in [-0.4, -0.2) is 45.1 Å². The van der Waals surface area contributed by atoms with E-state index in [1.807, 2.05) is 78.9 Å². The zero-order chi connectivity index (χ0) is 30.0. The number of likely N-dealkylation sites (tertiary alicyclic amines) is 1. The maximum Gasteiger partial charge on any atom is 0.407 e. The molecule has 3 heterocycles. The SMILES string of the molecule is O=C(Nc1ccc(Nc2cc(-c3cccc4c3oc3ccccc34)ncn2)cc1)c1ccc(C2CCCN(C(=O)O)C2)cc1. The number of anilines is 3. The van der Waals surface area contributed by atoms with E-state index in [-0.39, 0.29) is 11.8 Å². The first-order chi connectivity index (χ1) is 21.5. The molecule has 2 amide bonds. The van der Waals surface area contributed by atoms with Crippen molar-refractivity contribution in [2.24, 2.45) is 0 Å². The number of carboxylic acid groups (broad SMARTS) is 1. The molecule has 1 saturated heterocycles. The summed E-state index contributed by atoms with van der Waals surface area (Å²) in [6.45, 7) is 1.05. The van der Waals surface area contributed by atoms with Gasteiger partial charge in [0, 0.05) is 58.3 Å². The zero-order valence-electron chi connectivity index (χ0n) is 23.7. The van der Waals surface area contributed by atoms with Crippen molar-refractivity contribution in [3.63, 3.8) is 0 Å². The van der Waals surface area contributed by atoms with Crippen molar-refractivity contribution in [3.8, 4) is 11.3 Å². The predicted octanol–water partition coefficient (Wildman–Crippen LogP) is 7.90. The van der Waals surface area contributed by atoms with Gasteiger partial charge in [-0.2, -0.15) is 0 Å². The van der Waals surface area contributed by atoms with Gasteiger partial charge in [-0.3, -0.25) is 4.79 Å². The predicted molar refractivity (Wildman–Crippen MR) is 170 cm³/mol. The molecule has 0 radical (unpaired) electrons. The summed E-state index contributed by atoms with van der Waals surface area (Å²) < 4.78 is 6.18. The lowest BCUT2D eigenvalue weighted by molar-refractivity contribution is 0.102. The summed E-state index contributed by atoms with van der Waals surface area (Å²) in [5.74, 6) is 0.555. The molecule has 1 atom stereocenters. The fourth-order valence-corrected chi connectivity index (χ4v) is 5.84. The van der Waals surface area contributed by atoms with Crippen molar-refractivity contribution < 1.29 is 19.1 Å². The number of nitrogens with one attached hydrogen (secondary N) is 2. The van der Waals surface area contributed by atoms with Gasteiger partial charge in [0.1, 0.15) is 23.3 Å². The van der Waals surface area contributed by atoms with E-state index in [1.54, 1.807) is 12.1 Å². The molecule has 7 rings (SSSR count). The number of hydrogen-bond acceptors (Lipinski definition) is 6. The Morgan fingerprint density at radius 1 is 0.864 bits per heavy atom. The number of carbonyl (C=O) groups excluding carboxylic acids is 1.